The maximum Gasteiger partial charge on any atom is 0.252 e. The van der Waals surface area contributed by atoms with Crippen LogP contribution in [0.2, 0.25) is 0 Å². The molecule has 1 aromatic rings. The van der Waals surface area contributed by atoms with E-state index >= 15 is 0 Å². The highest BCUT2D eigenvalue weighted by Crippen LogP contribution is 2.36. The van der Waals surface area contributed by atoms with Crippen LogP contribution in [0.25, 0.3) is 0 Å². The molecule has 0 bridgehead atoms. The molecule has 0 aliphatic heterocycles. The first-order chi connectivity index (χ1) is 12.1. The van der Waals surface area contributed by atoms with Gasteiger partial charge in [0.05, 0.1) is 17.4 Å². The van der Waals surface area contributed by atoms with Gasteiger partial charge in [0.25, 0.3) is 5.91 Å². The number of hydrogen-bond donors (Lipinski definition) is 2. The largest absolute Gasteiger partial charge is 0.376 e. The van der Waals surface area contributed by atoms with Crippen LogP contribution < -0.4 is 10.0 Å². The number of halogens is 2. The first-order valence-electron chi connectivity index (χ1n) is 8.19. The number of nitrogens with zero attached hydrogens (tertiary/aromatic N) is 1. The van der Waals surface area contributed by atoms with E-state index in [1.807, 2.05) is 0 Å². The lowest BCUT2D eigenvalue weighted by Crippen LogP contribution is -2.47. The van der Waals surface area contributed by atoms with Gasteiger partial charge in [0.2, 0.25) is 16.4 Å². The van der Waals surface area contributed by atoms with Crippen molar-refractivity contribution in [3.63, 3.8) is 0 Å². The normalized spacial score (nSPS) is 23.7. The molecule has 146 valence electrons. The molecule has 0 atom stereocenters. The van der Waals surface area contributed by atoms with Crippen molar-refractivity contribution in [2.45, 2.75) is 37.7 Å². The van der Waals surface area contributed by atoms with Crippen LogP contribution in [0.4, 0.5) is 14.6 Å². The zero-order valence-electron chi connectivity index (χ0n) is 14.7. The second kappa shape index (κ2) is 8.26. The van der Waals surface area contributed by atoms with E-state index in [9.17, 15) is 22.0 Å². The van der Waals surface area contributed by atoms with Crippen LogP contribution in [-0.2, 0) is 14.8 Å². The zero-order chi connectivity index (χ0) is 19.4. The molecule has 1 aliphatic rings. The lowest BCUT2D eigenvalue weighted by Gasteiger charge is -2.39. The number of anilines is 1. The Bertz CT molecular complexity index is 718. The number of nitrogens with one attached hydrogen (secondary N) is 2. The fraction of sp³-hybridized carbons (Fsp3) is 0.625. The first-order valence-corrected chi connectivity index (χ1v) is 10.1. The number of alkyl halides is 2. The van der Waals surface area contributed by atoms with Gasteiger partial charge in [-0.15, -0.1) is 0 Å². The van der Waals surface area contributed by atoms with Gasteiger partial charge >= 0.3 is 0 Å². The molecule has 0 spiro atoms. The lowest BCUT2D eigenvalue weighted by molar-refractivity contribution is -0.0654. The maximum absolute atomic E-state index is 12.8. The summed E-state index contributed by atoms with van der Waals surface area (Å²) in [4.78, 5) is 16.1. The van der Waals surface area contributed by atoms with Gasteiger partial charge in [-0.3, -0.25) is 9.52 Å². The summed E-state index contributed by atoms with van der Waals surface area (Å²) in [7, 11) is -1.92. The van der Waals surface area contributed by atoms with Crippen molar-refractivity contribution in [2.75, 3.05) is 24.6 Å². The summed E-state index contributed by atoms with van der Waals surface area (Å²) in [5.41, 5.74) is -0.386. The monoisotopic (exact) mass is 391 g/mol. The molecule has 1 saturated carbocycles. The van der Waals surface area contributed by atoms with Gasteiger partial charge in [0.1, 0.15) is 5.82 Å². The minimum absolute atomic E-state index is 0.114. The number of hydrogen-bond acceptors (Lipinski definition) is 5. The number of carbonyl (C=O) groups is 1. The Kier molecular flexibility index (Phi) is 6.51. The Morgan fingerprint density at radius 2 is 2.04 bits per heavy atom. The van der Waals surface area contributed by atoms with Gasteiger partial charge in [0, 0.05) is 25.8 Å². The van der Waals surface area contributed by atoms with Gasteiger partial charge in [0.15, 0.2) is 0 Å². The van der Waals surface area contributed by atoms with E-state index in [2.05, 4.69) is 15.0 Å². The number of aromatic nitrogens is 1. The van der Waals surface area contributed by atoms with E-state index in [4.69, 9.17) is 4.74 Å². The number of sulfonamides is 1. The van der Waals surface area contributed by atoms with Crippen molar-refractivity contribution in [1.82, 2.24) is 10.3 Å². The van der Waals surface area contributed by atoms with E-state index in [-0.39, 0.29) is 17.9 Å². The van der Waals surface area contributed by atoms with E-state index in [0.717, 1.165) is 6.26 Å². The molecule has 0 aromatic carbocycles. The van der Waals surface area contributed by atoms with Gasteiger partial charge in [-0.05, 0) is 37.8 Å². The quantitative estimate of drug-likeness (QED) is 0.741. The molecule has 2 N–H and O–H groups in total. The van der Waals surface area contributed by atoms with Crippen molar-refractivity contribution in [3.8, 4) is 0 Å². The fourth-order valence-corrected chi connectivity index (χ4v) is 3.49. The number of rotatable bonds is 7. The highest BCUT2D eigenvalue weighted by Gasteiger charge is 2.38. The third kappa shape index (κ3) is 5.60. The smallest absolute Gasteiger partial charge is 0.252 e. The van der Waals surface area contributed by atoms with E-state index in [1.165, 1.54) is 25.4 Å². The van der Waals surface area contributed by atoms with Crippen molar-refractivity contribution in [2.24, 2.45) is 5.92 Å². The average Bonchev–Trinajstić information content (AvgIpc) is 2.59. The van der Waals surface area contributed by atoms with Gasteiger partial charge in [-0.25, -0.2) is 22.2 Å². The van der Waals surface area contributed by atoms with Gasteiger partial charge < -0.3 is 10.1 Å². The summed E-state index contributed by atoms with van der Waals surface area (Å²) in [6, 6.07) is 2.83. The predicted molar refractivity (Wildman–Crippen MR) is 92.7 cm³/mol. The standard InChI is InChI=1S/C16H23F2N3O4S/c1-25-16(7-5-11(6-8-16)14(17)18)10-20-15(22)12-3-4-13(19-9-12)21-26(2,23)24/h3-4,9,11,14H,5-8,10H2,1-2H3,(H,19,21)(H,20,22). The minimum Gasteiger partial charge on any atom is -0.376 e. The lowest BCUT2D eigenvalue weighted by atomic mass is 9.78. The molecule has 1 aliphatic carbocycles. The molecular weight excluding hydrogens is 368 g/mol. The van der Waals surface area contributed by atoms with E-state index in [1.54, 1.807) is 0 Å². The van der Waals surface area contributed by atoms with Crippen molar-refractivity contribution >= 4 is 21.7 Å². The molecule has 10 heteroatoms. The van der Waals surface area contributed by atoms with Crippen molar-refractivity contribution < 1.29 is 26.7 Å². The van der Waals surface area contributed by atoms with Gasteiger partial charge in [-0.2, -0.15) is 0 Å². The number of amides is 1. The Balaban J connectivity index is 1.93. The Labute approximate surface area is 151 Å². The molecule has 0 radical (unpaired) electrons. The summed E-state index contributed by atoms with van der Waals surface area (Å²) in [6.45, 7) is 0.210. The predicted octanol–water partition coefficient (Wildman–Crippen LogP) is 2.02. The zero-order valence-corrected chi connectivity index (χ0v) is 15.5. The van der Waals surface area contributed by atoms with E-state index < -0.39 is 33.9 Å². The maximum atomic E-state index is 12.8. The summed E-state index contributed by atoms with van der Waals surface area (Å²) < 4.78 is 55.6. The molecule has 7 nitrogen and oxygen atoms in total. The highest BCUT2D eigenvalue weighted by molar-refractivity contribution is 7.92. The molecular formula is C16H23F2N3O4S. The summed E-state index contributed by atoms with van der Waals surface area (Å²) in [5, 5.41) is 2.74. The Morgan fingerprint density at radius 1 is 1.38 bits per heavy atom. The fourth-order valence-electron chi connectivity index (χ4n) is 2.99. The molecule has 1 heterocycles. The van der Waals surface area contributed by atoms with Crippen molar-refractivity contribution in [3.05, 3.63) is 23.9 Å². The summed E-state index contributed by atoms with van der Waals surface area (Å²) >= 11 is 0. The minimum atomic E-state index is -3.44. The number of methoxy groups -OCH3 is 1. The third-order valence-electron chi connectivity index (χ3n) is 4.62. The molecule has 1 aromatic heterocycles. The summed E-state index contributed by atoms with van der Waals surface area (Å²) in [5.74, 6) is -0.897. The average molecular weight is 391 g/mol. The molecule has 1 amide bonds. The molecule has 2 rings (SSSR count). The first kappa shape index (κ1) is 20.5. The van der Waals surface area contributed by atoms with Crippen LogP contribution in [0.1, 0.15) is 36.0 Å². The third-order valence-corrected chi connectivity index (χ3v) is 5.20. The highest BCUT2D eigenvalue weighted by atomic mass is 32.2. The number of ether oxygens (including phenoxy) is 1. The van der Waals surface area contributed by atoms with Crippen LogP contribution in [-0.4, -0.2) is 51.2 Å². The molecule has 1 fully saturated rings. The SMILES string of the molecule is COC1(CNC(=O)c2ccc(NS(C)(=O)=O)nc2)CCC(C(F)F)CC1. The van der Waals surface area contributed by atoms with Crippen LogP contribution in [0.15, 0.2) is 18.3 Å². The van der Waals surface area contributed by atoms with E-state index in [0.29, 0.717) is 25.7 Å². The second-order valence-corrected chi connectivity index (χ2v) is 8.30. The van der Waals surface area contributed by atoms with Gasteiger partial charge in [-0.1, -0.05) is 0 Å². The topological polar surface area (TPSA) is 97.4 Å². The van der Waals surface area contributed by atoms with Crippen molar-refractivity contribution in [1.29, 1.82) is 0 Å². The Morgan fingerprint density at radius 3 is 2.50 bits per heavy atom. The van der Waals surface area contributed by atoms with Crippen LogP contribution >= 0.6 is 0 Å². The second-order valence-electron chi connectivity index (χ2n) is 6.55. The van der Waals surface area contributed by atoms with Crippen LogP contribution in [0, 0.1) is 5.92 Å². The summed E-state index contributed by atoms with van der Waals surface area (Å²) in [6.07, 6.45) is 1.55. The molecule has 0 saturated heterocycles. The number of carbonyl (C=O) groups excluding carboxylic acids is 1. The Hall–Kier alpha value is -1.81. The number of pyridine rings is 1. The van der Waals surface area contributed by atoms with Crippen LogP contribution in [0.5, 0.6) is 0 Å². The van der Waals surface area contributed by atoms with Crippen LogP contribution in [0.3, 0.4) is 0 Å². The molecule has 26 heavy (non-hydrogen) atoms. The molecule has 0 unspecified atom stereocenters.